The molecule has 0 saturated carbocycles. The molecule has 1 amide bonds. The molecule has 1 saturated heterocycles. The fourth-order valence-corrected chi connectivity index (χ4v) is 2.40. The number of amides is 1. The number of aliphatic hydroxyl groups is 1. The number of benzene rings is 1. The van der Waals surface area contributed by atoms with Crippen LogP contribution in [0, 0.1) is 0 Å². The average molecular weight is 279 g/mol. The van der Waals surface area contributed by atoms with Crippen LogP contribution >= 0.6 is 0 Å². The van der Waals surface area contributed by atoms with Crippen LogP contribution in [0.5, 0.6) is 0 Å². The number of carbonyl (C=O) groups is 2. The number of carbonyl (C=O) groups excluding carboxylic acids is 1. The quantitative estimate of drug-likeness (QED) is 0.865. The first-order chi connectivity index (χ1) is 9.60. The number of likely N-dealkylation sites (tertiary alicyclic amines) is 1. The molecule has 0 aliphatic carbocycles. The van der Waals surface area contributed by atoms with E-state index < -0.39 is 24.2 Å². The van der Waals surface area contributed by atoms with Gasteiger partial charge < -0.3 is 14.9 Å². The van der Waals surface area contributed by atoms with Crippen molar-refractivity contribution in [2.45, 2.75) is 25.0 Å². The minimum absolute atomic E-state index is 0.0807. The molecule has 1 aliphatic heterocycles. The van der Waals surface area contributed by atoms with Crippen molar-refractivity contribution in [1.29, 1.82) is 0 Å². The molecule has 1 aromatic carbocycles. The standard InChI is InChI=1S/C14H17NO5/c16-10-14(12(17)18)7-4-8-15(14)13(19)20-9-11-5-2-1-3-6-11/h1-3,5-6,16H,4,7-10H2,(H,17,18)/t14-/m0/s1. The van der Waals surface area contributed by atoms with E-state index in [2.05, 4.69) is 0 Å². The van der Waals surface area contributed by atoms with Gasteiger partial charge in [0, 0.05) is 6.54 Å². The molecule has 1 aromatic rings. The maximum atomic E-state index is 12.0. The third-order valence-electron chi connectivity index (χ3n) is 3.57. The van der Waals surface area contributed by atoms with Gasteiger partial charge in [-0.15, -0.1) is 0 Å². The number of carboxylic acid groups (broad SMARTS) is 1. The van der Waals surface area contributed by atoms with E-state index in [1.54, 1.807) is 0 Å². The molecule has 1 fully saturated rings. The van der Waals surface area contributed by atoms with E-state index in [9.17, 15) is 19.8 Å². The highest BCUT2D eigenvalue weighted by molar-refractivity contribution is 5.85. The Hall–Kier alpha value is -2.08. The molecular formula is C14H17NO5. The fraction of sp³-hybridized carbons (Fsp3) is 0.429. The predicted octanol–water partition coefficient (Wildman–Crippen LogP) is 1.23. The van der Waals surface area contributed by atoms with Gasteiger partial charge in [0.15, 0.2) is 5.54 Å². The predicted molar refractivity (Wildman–Crippen MR) is 70.0 cm³/mol. The molecule has 20 heavy (non-hydrogen) atoms. The molecule has 6 nitrogen and oxygen atoms in total. The maximum absolute atomic E-state index is 12.0. The van der Waals surface area contributed by atoms with Crippen molar-refractivity contribution >= 4 is 12.1 Å². The molecule has 0 spiro atoms. The van der Waals surface area contributed by atoms with Crippen LogP contribution in [0.4, 0.5) is 4.79 Å². The van der Waals surface area contributed by atoms with Crippen LogP contribution < -0.4 is 0 Å². The molecule has 0 unspecified atom stereocenters. The van der Waals surface area contributed by atoms with Crippen molar-refractivity contribution in [3.05, 3.63) is 35.9 Å². The first kappa shape index (κ1) is 14.3. The Morgan fingerprint density at radius 1 is 1.30 bits per heavy atom. The summed E-state index contributed by atoms with van der Waals surface area (Å²) in [5.41, 5.74) is -0.724. The molecule has 2 N–H and O–H groups in total. The third-order valence-corrected chi connectivity index (χ3v) is 3.57. The zero-order valence-corrected chi connectivity index (χ0v) is 11.0. The van der Waals surface area contributed by atoms with Gasteiger partial charge in [0.25, 0.3) is 0 Å². The highest BCUT2D eigenvalue weighted by atomic mass is 16.6. The van der Waals surface area contributed by atoms with Gasteiger partial charge in [0.05, 0.1) is 6.61 Å². The Bertz CT molecular complexity index is 490. The SMILES string of the molecule is O=C(OCc1ccccc1)N1CCC[C@]1(CO)C(=O)O. The summed E-state index contributed by atoms with van der Waals surface area (Å²) in [6.07, 6.45) is 0.0647. The molecule has 0 radical (unpaired) electrons. The van der Waals surface area contributed by atoms with Gasteiger partial charge in [0.2, 0.25) is 0 Å². The summed E-state index contributed by atoms with van der Waals surface area (Å²) in [5.74, 6) is -1.20. The Labute approximate surface area is 116 Å². The van der Waals surface area contributed by atoms with Crippen LogP contribution in [0.15, 0.2) is 30.3 Å². The lowest BCUT2D eigenvalue weighted by Gasteiger charge is -2.32. The number of nitrogens with zero attached hydrogens (tertiary/aromatic N) is 1. The summed E-state index contributed by atoms with van der Waals surface area (Å²) in [6, 6.07) is 9.14. The second-order valence-corrected chi connectivity index (χ2v) is 4.79. The first-order valence-corrected chi connectivity index (χ1v) is 6.43. The molecule has 0 bridgehead atoms. The number of hydrogen-bond acceptors (Lipinski definition) is 4. The van der Waals surface area contributed by atoms with Gasteiger partial charge in [0.1, 0.15) is 6.61 Å². The summed E-state index contributed by atoms with van der Waals surface area (Å²) in [4.78, 5) is 24.5. The van der Waals surface area contributed by atoms with E-state index >= 15 is 0 Å². The largest absolute Gasteiger partial charge is 0.479 e. The number of carboxylic acids is 1. The lowest BCUT2D eigenvalue weighted by Crippen LogP contribution is -2.55. The van der Waals surface area contributed by atoms with Crippen molar-refractivity contribution in [2.75, 3.05) is 13.2 Å². The van der Waals surface area contributed by atoms with Crippen LogP contribution in [-0.2, 0) is 16.1 Å². The monoisotopic (exact) mass is 279 g/mol. The number of aliphatic hydroxyl groups excluding tert-OH is 1. The zero-order chi connectivity index (χ0) is 14.6. The summed E-state index contributed by atoms with van der Waals surface area (Å²) in [5, 5.41) is 18.6. The minimum Gasteiger partial charge on any atom is -0.479 e. The van der Waals surface area contributed by atoms with E-state index in [4.69, 9.17) is 4.74 Å². The van der Waals surface area contributed by atoms with E-state index in [0.717, 1.165) is 10.5 Å². The van der Waals surface area contributed by atoms with Crippen molar-refractivity contribution in [1.82, 2.24) is 4.90 Å². The van der Waals surface area contributed by atoms with Gasteiger partial charge >= 0.3 is 12.1 Å². The smallest absolute Gasteiger partial charge is 0.411 e. The molecular weight excluding hydrogens is 262 g/mol. The van der Waals surface area contributed by atoms with E-state index in [1.807, 2.05) is 30.3 Å². The Kier molecular flexibility index (Phi) is 4.24. The molecule has 1 atom stereocenters. The second-order valence-electron chi connectivity index (χ2n) is 4.79. The lowest BCUT2D eigenvalue weighted by atomic mass is 9.98. The van der Waals surface area contributed by atoms with Gasteiger partial charge in [-0.3, -0.25) is 4.90 Å². The summed E-state index contributed by atoms with van der Waals surface area (Å²) in [7, 11) is 0. The maximum Gasteiger partial charge on any atom is 0.411 e. The average Bonchev–Trinajstić information content (AvgIpc) is 2.91. The topological polar surface area (TPSA) is 87.1 Å². The van der Waals surface area contributed by atoms with E-state index in [0.29, 0.717) is 6.42 Å². The molecule has 2 rings (SSSR count). The van der Waals surface area contributed by atoms with Crippen molar-refractivity contribution in [3.8, 4) is 0 Å². The number of rotatable bonds is 4. The molecule has 108 valence electrons. The number of aliphatic carboxylic acids is 1. The van der Waals surface area contributed by atoms with Gasteiger partial charge in [-0.1, -0.05) is 30.3 Å². The number of hydrogen-bond donors (Lipinski definition) is 2. The van der Waals surface area contributed by atoms with Crippen LogP contribution in [0.1, 0.15) is 18.4 Å². The molecule has 6 heteroatoms. The molecule has 0 aromatic heterocycles. The third kappa shape index (κ3) is 2.60. The van der Waals surface area contributed by atoms with Gasteiger partial charge in [-0.2, -0.15) is 0 Å². The zero-order valence-electron chi connectivity index (χ0n) is 11.0. The number of ether oxygens (including phenoxy) is 1. The van der Waals surface area contributed by atoms with E-state index in [-0.39, 0.29) is 19.6 Å². The Morgan fingerprint density at radius 2 is 2.00 bits per heavy atom. The normalized spacial score (nSPS) is 21.8. The lowest BCUT2D eigenvalue weighted by molar-refractivity contribution is -0.151. The highest BCUT2D eigenvalue weighted by Crippen LogP contribution is 2.30. The van der Waals surface area contributed by atoms with Crippen molar-refractivity contribution in [2.24, 2.45) is 0 Å². The Morgan fingerprint density at radius 3 is 2.60 bits per heavy atom. The van der Waals surface area contributed by atoms with Crippen molar-refractivity contribution in [3.63, 3.8) is 0 Å². The summed E-state index contributed by atoms with van der Waals surface area (Å²) < 4.78 is 5.13. The van der Waals surface area contributed by atoms with Crippen LogP contribution in [-0.4, -0.2) is 45.9 Å². The van der Waals surface area contributed by atoms with Crippen molar-refractivity contribution < 1.29 is 24.5 Å². The van der Waals surface area contributed by atoms with Crippen LogP contribution in [0.2, 0.25) is 0 Å². The highest BCUT2D eigenvalue weighted by Gasteiger charge is 2.50. The van der Waals surface area contributed by atoms with Crippen LogP contribution in [0.25, 0.3) is 0 Å². The first-order valence-electron chi connectivity index (χ1n) is 6.43. The fourth-order valence-electron chi connectivity index (χ4n) is 2.40. The molecule has 1 heterocycles. The Balaban J connectivity index is 2.03. The van der Waals surface area contributed by atoms with E-state index in [1.165, 1.54) is 0 Å². The van der Waals surface area contributed by atoms with Gasteiger partial charge in [-0.25, -0.2) is 9.59 Å². The van der Waals surface area contributed by atoms with Crippen LogP contribution in [0.3, 0.4) is 0 Å². The second kappa shape index (κ2) is 5.92. The summed E-state index contributed by atoms with van der Waals surface area (Å²) in [6.45, 7) is -0.249. The molecule has 1 aliphatic rings. The minimum atomic E-state index is -1.55. The summed E-state index contributed by atoms with van der Waals surface area (Å²) >= 11 is 0. The van der Waals surface area contributed by atoms with Gasteiger partial charge in [-0.05, 0) is 18.4 Å².